The van der Waals surface area contributed by atoms with Crippen LogP contribution < -0.4 is 9.47 Å². The van der Waals surface area contributed by atoms with Gasteiger partial charge in [-0.05, 0) is 30.0 Å². The van der Waals surface area contributed by atoms with E-state index in [4.69, 9.17) is 21.1 Å². The molecular weight excluding hydrogens is 340 g/mol. The van der Waals surface area contributed by atoms with Crippen molar-refractivity contribution in [2.24, 2.45) is 5.92 Å². The van der Waals surface area contributed by atoms with Gasteiger partial charge in [0.1, 0.15) is 13.2 Å². The first-order valence-electron chi connectivity index (χ1n) is 8.23. The Hall–Kier alpha value is -2.27. The molecule has 0 radical (unpaired) electrons. The lowest BCUT2D eigenvalue weighted by Gasteiger charge is -2.15. The number of nitrogens with zero attached hydrogens (tertiary/aromatic N) is 2. The lowest BCUT2D eigenvalue weighted by atomic mass is 10.1. The number of rotatable bonds is 8. The molecule has 1 aromatic heterocycles. The molecule has 0 atom stereocenters. The van der Waals surface area contributed by atoms with Crippen LogP contribution in [0.5, 0.6) is 5.88 Å². The molecule has 0 saturated carbocycles. The largest absolute Gasteiger partial charge is 0.617 e. The van der Waals surface area contributed by atoms with Gasteiger partial charge < -0.3 is 14.7 Å². The second-order valence-corrected chi connectivity index (χ2v) is 6.41. The van der Waals surface area contributed by atoms with E-state index in [2.05, 4.69) is 4.98 Å². The van der Waals surface area contributed by atoms with E-state index in [-0.39, 0.29) is 17.7 Å². The monoisotopic (exact) mass is 362 g/mol. The molecule has 0 N–H and O–H groups in total. The second kappa shape index (κ2) is 9.28. The Balaban J connectivity index is 2.31. The average molecular weight is 363 g/mol. The van der Waals surface area contributed by atoms with E-state index < -0.39 is 0 Å². The summed E-state index contributed by atoms with van der Waals surface area (Å²) in [5, 5.41) is 12.6. The molecule has 0 aliphatic rings. The van der Waals surface area contributed by atoms with Gasteiger partial charge in [-0.2, -0.15) is 4.73 Å². The Kier molecular flexibility index (Phi) is 7.07. The third-order valence-electron chi connectivity index (χ3n) is 3.42. The van der Waals surface area contributed by atoms with Gasteiger partial charge in [0.15, 0.2) is 5.69 Å². The van der Waals surface area contributed by atoms with E-state index in [1.807, 2.05) is 51.1 Å². The molecule has 0 spiro atoms. The van der Waals surface area contributed by atoms with E-state index in [9.17, 15) is 5.21 Å². The number of hydrogen-bond acceptors (Lipinski definition) is 4. The number of benzene rings is 1. The summed E-state index contributed by atoms with van der Waals surface area (Å²) in [7, 11) is 0. The summed E-state index contributed by atoms with van der Waals surface area (Å²) in [5.41, 5.74) is 1.79. The van der Waals surface area contributed by atoms with Crippen LogP contribution in [0.4, 0.5) is 0 Å². The summed E-state index contributed by atoms with van der Waals surface area (Å²) in [6.07, 6.45) is 3.80. The van der Waals surface area contributed by atoms with E-state index in [0.29, 0.717) is 35.0 Å². The maximum atomic E-state index is 12.6. The average Bonchev–Trinajstić information content (AvgIpc) is 2.60. The summed E-state index contributed by atoms with van der Waals surface area (Å²) in [4.78, 5) is 4.44. The molecule has 0 aliphatic heterocycles. The topological polar surface area (TPSA) is 58.3 Å². The molecule has 2 aromatic rings. The van der Waals surface area contributed by atoms with E-state index >= 15 is 0 Å². The smallest absolute Gasteiger partial charge is 0.312 e. The van der Waals surface area contributed by atoms with Gasteiger partial charge in [-0.3, -0.25) is 0 Å². The summed E-state index contributed by atoms with van der Waals surface area (Å²) in [5.74, 6) is 0.568. The molecule has 1 aromatic carbocycles. The molecular formula is C19H23ClN2O3. The zero-order chi connectivity index (χ0) is 18.2. The molecule has 0 fully saturated rings. The third kappa shape index (κ3) is 5.36. The van der Waals surface area contributed by atoms with Gasteiger partial charge in [-0.25, -0.2) is 4.98 Å². The Morgan fingerprint density at radius 3 is 2.60 bits per heavy atom. The fraction of sp³-hybridized carbons (Fsp3) is 0.368. The molecule has 0 unspecified atom stereocenters. The minimum absolute atomic E-state index is 0.0206. The normalized spacial score (nSPS) is 11.2. The van der Waals surface area contributed by atoms with Gasteiger partial charge in [0, 0.05) is 6.42 Å². The highest BCUT2D eigenvalue weighted by atomic mass is 35.5. The first-order valence-corrected chi connectivity index (χ1v) is 8.61. The van der Waals surface area contributed by atoms with Crippen molar-refractivity contribution in [2.45, 2.75) is 40.4 Å². The van der Waals surface area contributed by atoms with Gasteiger partial charge >= 0.3 is 5.15 Å². The SMILES string of the molecule is CC=COCc1nc(OCc2ccccc2)c(CC(C)C)[n+]([O-])c1Cl. The van der Waals surface area contributed by atoms with Crippen LogP contribution in [-0.4, -0.2) is 4.98 Å². The summed E-state index contributed by atoms with van der Waals surface area (Å²) < 4.78 is 11.8. The lowest BCUT2D eigenvalue weighted by molar-refractivity contribution is -0.613. The van der Waals surface area contributed by atoms with Gasteiger partial charge in [-0.15, -0.1) is 0 Å². The molecule has 25 heavy (non-hydrogen) atoms. The quantitative estimate of drug-likeness (QED) is 0.401. The molecule has 134 valence electrons. The lowest BCUT2D eigenvalue weighted by Crippen LogP contribution is -2.37. The van der Waals surface area contributed by atoms with Crippen LogP contribution >= 0.6 is 11.6 Å². The van der Waals surface area contributed by atoms with Crippen LogP contribution in [0.15, 0.2) is 42.7 Å². The molecule has 0 bridgehead atoms. The maximum Gasteiger partial charge on any atom is 0.312 e. The molecule has 0 saturated heterocycles. The van der Waals surface area contributed by atoms with E-state index in [0.717, 1.165) is 5.56 Å². The first kappa shape index (κ1) is 19.1. The van der Waals surface area contributed by atoms with Gasteiger partial charge in [0.25, 0.3) is 11.6 Å². The Morgan fingerprint density at radius 1 is 1.24 bits per heavy atom. The standard InChI is InChI=1S/C19H23ClN2O3/c1-4-10-24-13-16-18(20)22(23)17(11-14(2)3)19(21-16)25-12-15-8-6-5-7-9-15/h4-10,14H,11-13H2,1-3H3. The molecule has 6 heteroatoms. The van der Waals surface area contributed by atoms with Crippen molar-refractivity contribution >= 4 is 11.6 Å². The van der Waals surface area contributed by atoms with E-state index in [1.54, 1.807) is 6.08 Å². The number of hydrogen-bond donors (Lipinski definition) is 0. The first-order chi connectivity index (χ1) is 12.0. The Labute approximate surface area is 153 Å². The number of halogens is 1. The summed E-state index contributed by atoms with van der Waals surface area (Å²) in [6.45, 7) is 6.32. The van der Waals surface area contributed by atoms with Gasteiger partial charge in [-0.1, -0.05) is 50.3 Å². The third-order valence-corrected chi connectivity index (χ3v) is 3.79. The Morgan fingerprint density at radius 2 is 1.96 bits per heavy atom. The highest BCUT2D eigenvalue weighted by molar-refractivity contribution is 6.29. The van der Waals surface area contributed by atoms with Gasteiger partial charge in [0.05, 0.1) is 6.26 Å². The minimum atomic E-state index is 0.0206. The molecule has 0 aliphatic carbocycles. The van der Waals surface area contributed by atoms with Crippen molar-refractivity contribution in [1.82, 2.24) is 4.98 Å². The zero-order valence-corrected chi connectivity index (χ0v) is 15.5. The van der Waals surface area contributed by atoms with Crippen LogP contribution in [-0.2, 0) is 24.4 Å². The number of allylic oxidation sites excluding steroid dienone is 1. The van der Waals surface area contributed by atoms with Crippen molar-refractivity contribution in [2.75, 3.05) is 0 Å². The fourth-order valence-corrected chi connectivity index (χ4v) is 2.47. The summed E-state index contributed by atoms with van der Waals surface area (Å²) in [6, 6.07) is 9.73. The van der Waals surface area contributed by atoms with Crippen LogP contribution in [0.2, 0.25) is 5.15 Å². The van der Waals surface area contributed by atoms with Gasteiger partial charge in [0.2, 0.25) is 0 Å². The van der Waals surface area contributed by atoms with Crippen molar-refractivity contribution in [3.05, 3.63) is 70.0 Å². The molecule has 0 amide bonds. The fourth-order valence-electron chi connectivity index (χ4n) is 2.27. The Bertz CT molecular complexity index is 718. The second-order valence-electron chi connectivity index (χ2n) is 6.05. The van der Waals surface area contributed by atoms with Crippen molar-refractivity contribution < 1.29 is 14.2 Å². The highest BCUT2D eigenvalue weighted by Gasteiger charge is 2.25. The van der Waals surface area contributed by atoms with Crippen molar-refractivity contribution in [1.29, 1.82) is 0 Å². The number of aromatic nitrogens is 2. The predicted molar refractivity (Wildman–Crippen MR) is 97.1 cm³/mol. The van der Waals surface area contributed by atoms with E-state index in [1.165, 1.54) is 6.26 Å². The van der Waals surface area contributed by atoms with Crippen LogP contribution in [0.1, 0.15) is 37.7 Å². The number of ether oxygens (including phenoxy) is 2. The van der Waals surface area contributed by atoms with Crippen LogP contribution in [0.25, 0.3) is 0 Å². The highest BCUT2D eigenvalue weighted by Crippen LogP contribution is 2.22. The minimum Gasteiger partial charge on any atom is -0.617 e. The molecule has 1 heterocycles. The predicted octanol–water partition coefficient (Wildman–Crippen LogP) is 4.20. The zero-order valence-electron chi connectivity index (χ0n) is 14.7. The summed E-state index contributed by atoms with van der Waals surface area (Å²) >= 11 is 6.18. The van der Waals surface area contributed by atoms with Crippen molar-refractivity contribution in [3.63, 3.8) is 0 Å². The molecule has 2 rings (SSSR count). The van der Waals surface area contributed by atoms with Crippen LogP contribution in [0, 0.1) is 11.1 Å². The van der Waals surface area contributed by atoms with Crippen molar-refractivity contribution in [3.8, 4) is 5.88 Å². The maximum absolute atomic E-state index is 12.6. The molecule has 5 nitrogen and oxygen atoms in total. The van der Waals surface area contributed by atoms with Crippen LogP contribution in [0.3, 0.4) is 0 Å².